The number of benzene rings is 2. The van der Waals surface area contributed by atoms with Crippen molar-refractivity contribution in [2.45, 2.75) is 19.9 Å². The van der Waals surface area contributed by atoms with Gasteiger partial charge in [-0.05, 0) is 44.2 Å². The molecule has 0 bridgehead atoms. The van der Waals surface area contributed by atoms with Gasteiger partial charge in [0.25, 0.3) is 5.78 Å². The highest BCUT2D eigenvalue weighted by Gasteiger charge is 2.49. The molecule has 0 aliphatic carbocycles. The number of hydrogen-bond donors (Lipinski definition) is 1. The van der Waals surface area contributed by atoms with Gasteiger partial charge in [-0.3, -0.25) is 14.5 Å². The van der Waals surface area contributed by atoms with Crippen molar-refractivity contribution in [2.75, 3.05) is 4.90 Å². The van der Waals surface area contributed by atoms with E-state index < -0.39 is 35.1 Å². The lowest BCUT2D eigenvalue weighted by Gasteiger charge is -2.23. The predicted octanol–water partition coefficient (Wildman–Crippen LogP) is 5.41. The smallest absolute Gasteiger partial charge is 0.301 e. The minimum absolute atomic E-state index is 0.0153. The zero-order valence-corrected chi connectivity index (χ0v) is 18.2. The first-order valence-corrected chi connectivity index (χ1v) is 10.8. The van der Waals surface area contributed by atoms with E-state index in [0.29, 0.717) is 21.7 Å². The maximum Gasteiger partial charge on any atom is 0.301 e. The molecule has 0 saturated carbocycles. The lowest BCUT2D eigenvalue weighted by atomic mass is 9.95. The van der Waals surface area contributed by atoms with Crippen molar-refractivity contribution in [1.29, 1.82) is 0 Å². The third kappa shape index (κ3) is 3.32. The number of aliphatic hydroxyl groups excluding tert-OH is 1. The number of nitrogens with zero attached hydrogens (tertiary/aromatic N) is 2. The second-order valence-electron chi connectivity index (χ2n) is 7.63. The number of anilines is 1. The summed E-state index contributed by atoms with van der Waals surface area (Å²) in [6, 6.07) is 9.92. The van der Waals surface area contributed by atoms with Crippen LogP contribution in [0.3, 0.4) is 0 Å². The van der Waals surface area contributed by atoms with Crippen molar-refractivity contribution >= 4 is 44.1 Å². The predicted molar refractivity (Wildman–Crippen MR) is 119 cm³/mol. The van der Waals surface area contributed by atoms with E-state index in [9.17, 15) is 23.5 Å². The molecular formula is C24H16F2N2O4S. The molecule has 9 heteroatoms. The number of aryl methyl sites for hydroxylation is 2. The molecule has 3 heterocycles. The molecule has 2 aromatic carbocycles. The molecule has 6 nitrogen and oxygen atoms in total. The minimum Gasteiger partial charge on any atom is -0.507 e. The summed E-state index contributed by atoms with van der Waals surface area (Å²) in [5, 5.41) is 11.2. The molecule has 1 unspecified atom stereocenters. The molecule has 1 amide bonds. The molecular weight excluding hydrogens is 450 g/mol. The Balaban J connectivity index is 1.77. The van der Waals surface area contributed by atoms with Crippen LogP contribution in [0.1, 0.15) is 28.7 Å². The third-order valence-corrected chi connectivity index (χ3v) is 6.50. The molecule has 2 aromatic heterocycles. The molecule has 0 spiro atoms. The van der Waals surface area contributed by atoms with Gasteiger partial charge in [-0.25, -0.2) is 13.8 Å². The summed E-state index contributed by atoms with van der Waals surface area (Å²) in [6.45, 7) is 3.29. The van der Waals surface area contributed by atoms with E-state index >= 15 is 0 Å². The number of rotatable bonds is 3. The van der Waals surface area contributed by atoms with Crippen LogP contribution in [0.4, 0.5) is 13.9 Å². The second kappa shape index (κ2) is 7.63. The number of aromatic nitrogens is 1. The number of fused-ring (bicyclic) bond motifs is 1. The number of carbonyl (C=O) groups is 2. The van der Waals surface area contributed by atoms with E-state index in [4.69, 9.17) is 4.42 Å². The number of hydrogen-bond acceptors (Lipinski definition) is 6. The molecule has 4 aromatic rings. The normalized spacial score (nSPS) is 17.9. The molecule has 166 valence electrons. The van der Waals surface area contributed by atoms with Gasteiger partial charge in [0.1, 0.15) is 35.0 Å². The number of carbonyl (C=O) groups excluding carboxylic acids is 2. The monoisotopic (exact) mass is 466 g/mol. The number of halogens is 2. The Hall–Kier alpha value is -3.85. The first-order valence-electron chi connectivity index (χ1n) is 9.95. The van der Waals surface area contributed by atoms with Crippen LogP contribution in [-0.4, -0.2) is 21.8 Å². The van der Waals surface area contributed by atoms with Crippen LogP contribution in [0.2, 0.25) is 0 Å². The molecule has 33 heavy (non-hydrogen) atoms. The average Bonchev–Trinajstić information content (AvgIpc) is 3.41. The number of furan rings is 1. The van der Waals surface area contributed by atoms with Crippen LogP contribution in [0, 0.1) is 25.5 Å². The number of thiazole rings is 1. The van der Waals surface area contributed by atoms with Crippen molar-refractivity contribution < 1.29 is 27.9 Å². The highest BCUT2D eigenvalue weighted by atomic mass is 32.1. The van der Waals surface area contributed by atoms with Gasteiger partial charge in [0.05, 0.1) is 21.4 Å². The lowest BCUT2D eigenvalue weighted by molar-refractivity contribution is -0.132. The first kappa shape index (κ1) is 21.0. The average molecular weight is 466 g/mol. The van der Waals surface area contributed by atoms with E-state index in [1.807, 2.05) is 0 Å². The Kier molecular flexibility index (Phi) is 4.86. The van der Waals surface area contributed by atoms with Crippen LogP contribution in [-0.2, 0) is 9.59 Å². The summed E-state index contributed by atoms with van der Waals surface area (Å²) in [6.07, 6.45) is 0. The number of ketones is 1. The molecule has 1 fully saturated rings. The largest absolute Gasteiger partial charge is 0.507 e. The van der Waals surface area contributed by atoms with Gasteiger partial charge < -0.3 is 9.52 Å². The molecule has 1 atom stereocenters. The van der Waals surface area contributed by atoms with Crippen molar-refractivity contribution in [3.05, 3.63) is 88.4 Å². The van der Waals surface area contributed by atoms with Gasteiger partial charge in [0.15, 0.2) is 5.13 Å². The Morgan fingerprint density at radius 2 is 1.88 bits per heavy atom. The van der Waals surface area contributed by atoms with Crippen LogP contribution >= 0.6 is 11.3 Å². The zero-order valence-electron chi connectivity index (χ0n) is 17.4. The van der Waals surface area contributed by atoms with E-state index in [2.05, 4.69) is 4.98 Å². The third-order valence-electron chi connectivity index (χ3n) is 5.49. The fourth-order valence-electron chi connectivity index (χ4n) is 4.02. The molecule has 5 rings (SSSR count). The first-order chi connectivity index (χ1) is 15.8. The summed E-state index contributed by atoms with van der Waals surface area (Å²) < 4.78 is 34.5. The van der Waals surface area contributed by atoms with Crippen LogP contribution in [0.25, 0.3) is 16.0 Å². The fourth-order valence-corrected chi connectivity index (χ4v) is 5.04. The van der Waals surface area contributed by atoms with E-state index in [-0.39, 0.29) is 21.8 Å². The van der Waals surface area contributed by atoms with E-state index in [1.54, 1.807) is 19.9 Å². The van der Waals surface area contributed by atoms with Crippen LogP contribution in [0.5, 0.6) is 0 Å². The van der Waals surface area contributed by atoms with Gasteiger partial charge in [0, 0.05) is 5.56 Å². The second-order valence-corrected chi connectivity index (χ2v) is 8.64. The summed E-state index contributed by atoms with van der Waals surface area (Å²) >= 11 is 0.992. The fraction of sp³-hybridized carbons (Fsp3) is 0.125. The maximum atomic E-state index is 14.9. The Morgan fingerprint density at radius 1 is 1.12 bits per heavy atom. The topological polar surface area (TPSA) is 83.6 Å². The standard InChI is InChI=1S/C24H16F2N2O4S/c1-11-9-15(12(2)32-11)21(29)19-20(14-5-3-4-6-16(14)26)28(23(31)22(19)30)24-27-17-8-7-13(25)10-18(17)33-24/h3-10,20,29H,1-2H3/b21-19+. The summed E-state index contributed by atoms with van der Waals surface area (Å²) in [4.78, 5) is 31.7. The molecule has 0 radical (unpaired) electrons. The lowest BCUT2D eigenvalue weighted by Crippen LogP contribution is -2.29. The van der Waals surface area contributed by atoms with Crippen molar-refractivity contribution in [2.24, 2.45) is 0 Å². The van der Waals surface area contributed by atoms with Gasteiger partial charge in [-0.15, -0.1) is 0 Å². The van der Waals surface area contributed by atoms with Crippen LogP contribution < -0.4 is 4.90 Å². The Labute approximate surface area is 190 Å². The zero-order chi connectivity index (χ0) is 23.4. The van der Waals surface area contributed by atoms with E-state index in [1.165, 1.54) is 42.5 Å². The SMILES string of the molecule is Cc1cc(/C(O)=C2\C(=O)C(=O)N(c3nc4ccc(F)cc4s3)C2c2ccccc2F)c(C)o1. The number of Topliss-reactive ketones (excluding diaryl/α,β-unsaturated/α-hetero) is 1. The van der Waals surface area contributed by atoms with Gasteiger partial charge in [-0.1, -0.05) is 29.5 Å². The van der Waals surface area contributed by atoms with Crippen LogP contribution in [0.15, 0.2) is 58.5 Å². The van der Waals surface area contributed by atoms with Crippen molar-refractivity contribution in [3.8, 4) is 0 Å². The molecule has 1 aliphatic heterocycles. The summed E-state index contributed by atoms with van der Waals surface area (Å²) in [5.41, 5.74) is 0.395. The minimum atomic E-state index is -1.27. The molecule has 1 N–H and O–H groups in total. The van der Waals surface area contributed by atoms with Gasteiger partial charge in [-0.2, -0.15) is 0 Å². The Bertz CT molecular complexity index is 1490. The maximum absolute atomic E-state index is 14.9. The highest BCUT2D eigenvalue weighted by Crippen LogP contribution is 2.45. The number of amides is 1. The molecule has 1 aliphatic rings. The van der Waals surface area contributed by atoms with Gasteiger partial charge in [0.2, 0.25) is 0 Å². The van der Waals surface area contributed by atoms with Gasteiger partial charge >= 0.3 is 5.91 Å². The number of aliphatic hydroxyl groups is 1. The Morgan fingerprint density at radius 3 is 2.58 bits per heavy atom. The molecule has 1 saturated heterocycles. The summed E-state index contributed by atoms with van der Waals surface area (Å²) in [7, 11) is 0. The van der Waals surface area contributed by atoms with Crippen molar-refractivity contribution in [1.82, 2.24) is 4.98 Å². The van der Waals surface area contributed by atoms with E-state index in [0.717, 1.165) is 16.2 Å². The summed E-state index contributed by atoms with van der Waals surface area (Å²) in [5.74, 6) is -2.71. The quantitative estimate of drug-likeness (QED) is 0.248. The highest BCUT2D eigenvalue weighted by molar-refractivity contribution is 7.22. The van der Waals surface area contributed by atoms with Crippen molar-refractivity contribution in [3.63, 3.8) is 0 Å².